The van der Waals surface area contributed by atoms with E-state index in [9.17, 15) is 4.79 Å². The summed E-state index contributed by atoms with van der Waals surface area (Å²) in [4.78, 5) is 10.7. The van der Waals surface area contributed by atoms with Crippen molar-refractivity contribution in [1.82, 2.24) is 0 Å². The number of nitrogens with zero attached hydrogens (tertiary/aromatic N) is 1. The summed E-state index contributed by atoms with van der Waals surface area (Å²) in [6.07, 6.45) is 1.19. The van der Waals surface area contributed by atoms with Crippen LogP contribution >= 0.6 is 0 Å². The van der Waals surface area contributed by atoms with E-state index in [4.69, 9.17) is 10.00 Å². The van der Waals surface area contributed by atoms with Gasteiger partial charge in [-0.1, -0.05) is 33.8 Å². The number of ether oxygens (including phenoxy) is 1. The maximum Gasteiger partial charge on any atom is 0.153 e. The second-order valence-electron chi connectivity index (χ2n) is 4.29. The molecule has 0 aromatic heterocycles. The van der Waals surface area contributed by atoms with Crippen LogP contribution in [0.1, 0.15) is 50.0 Å². The zero-order chi connectivity index (χ0) is 14.2. The first-order chi connectivity index (χ1) is 8.55. The van der Waals surface area contributed by atoms with E-state index >= 15 is 0 Å². The van der Waals surface area contributed by atoms with Crippen LogP contribution in [0.2, 0.25) is 0 Å². The molecule has 98 valence electrons. The number of aldehydes is 1. The van der Waals surface area contributed by atoms with Crippen LogP contribution in [-0.4, -0.2) is 13.4 Å². The molecule has 0 radical (unpaired) electrons. The summed E-state index contributed by atoms with van der Waals surface area (Å²) in [6, 6.07) is 7.57. The van der Waals surface area contributed by atoms with Crippen LogP contribution in [0, 0.1) is 11.3 Å². The van der Waals surface area contributed by atoms with Crippen molar-refractivity contribution in [3.8, 4) is 11.8 Å². The van der Waals surface area contributed by atoms with Gasteiger partial charge in [0.1, 0.15) is 5.75 Å². The summed E-state index contributed by atoms with van der Waals surface area (Å²) in [6.45, 7) is 7.98. The van der Waals surface area contributed by atoms with E-state index in [2.05, 4.69) is 6.07 Å². The topological polar surface area (TPSA) is 50.1 Å². The van der Waals surface area contributed by atoms with E-state index in [1.807, 2.05) is 39.8 Å². The molecule has 1 rings (SSSR count). The molecule has 0 bridgehead atoms. The van der Waals surface area contributed by atoms with Gasteiger partial charge >= 0.3 is 0 Å². The van der Waals surface area contributed by atoms with Crippen molar-refractivity contribution in [2.24, 2.45) is 0 Å². The van der Waals surface area contributed by atoms with Crippen LogP contribution in [0.25, 0.3) is 0 Å². The summed E-state index contributed by atoms with van der Waals surface area (Å²) in [5.41, 5.74) is 1.29. The molecular weight excluding hydrogens is 226 g/mol. The summed E-state index contributed by atoms with van der Waals surface area (Å²) in [5.74, 6) is 0.554. The van der Waals surface area contributed by atoms with E-state index in [-0.39, 0.29) is 5.41 Å². The summed E-state index contributed by atoms with van der Waals surface area (Å²) in [5, 5.41) is 8.75. The van der Waals surface area contributed by atoms with Crippen LogP contribution in [0.5, 0.6) is 5.75 Å². The fourth-order valence-corrected chi connectivity index (χ4v) is 1.53. The Kier molecular flexibility index (Phi) is 6.74. The van der Waals surface area contributed by atoms with Gasteiger partial charge in [0, 0.05) is 11.8 Å². The molecule has 18 heavy (non-hydrogen) atoms. The molecule has 3 heteroatoms. The van der Waals surface area contributed by atoms with Gasteiger partial charge in [0.05, 0.1) is 18.7 Å². The maximum atomic E-state index is 10.7. The van der Waals surface area contributed by atoms with Crippen molar-refractivity contribution in [2.45, 2.75) is 39.5 Å². The molecule has 0 spiro atoms. The van der Waals surface area contributed by atoms with Gasteiger partial charge < -0.3 is 4.74 Å². The Morgan fingerprint density at radius 3 is 2.44 bits per heavy atom. The Balaban J connectivity index is 0.00000137. The molecule has 0 saturated heterocycles. The average Bonchev–Trinajstić information content (AvgIpc) is 2.40. The minimum atomic E-state index is -0.233. The number of carbonyl (C=O) groups excluding carboxylic acids is 1. The highest BCUT2D eigenvalue weighted by Crippen LogP contribution is 2.30. The lowest BCUT2D eigenvalue weighted by molar-refractivity contribution is 0.112. The Morgan fingerprint density at radius 1 is 1.39 bits per heavy atom. The molecule has 0 aliphatic heterocycles. The molecule has 0 atom stereocenters. The normalized spacial score (nSPS) is 9.78. The monoisotopic (exact) mass is 247 g/mol. The molecule has 0 amide bonds. The first-order valence-corrected chi connectivity index (χ1v) is 6.06. The molecule has 0 N–H and O–H groups in total. The van der Waals surface area contributed by atoms with E-state index in [1.165, 1.54) is 7.11 Å². The standard InChI is InChI=1S/C13H15NO2.C2H6/c1-13(2,6-7-14)11-5-4-10(9-15)12(8-11)16-3;1-2/h4-5,8-9H,6H2,1-3H3;1-2H3. The second kappa shape index (κ2) is 7.50. The fraction of sp³-hybridized carbons (Fsp3) is 0.467. The van der Waals surface area contributed by atoms with Crippen molar-refractivity contribution in [2.75, 3.05) is 7.11 Å². The Bertz CT molecular complexity index is 431. The number of nitriles is 1. The van der Waals surface area contributed by atoms with Crippen molar-refractivity contribution in [3.05, 3.63) is 29.3 Å². The average molecular weight is 247 g/mol. The number of hydrogen-bond donors (Lipinski definition) is 0. The highest BCUT2D eigenvalue weighted by atomic mass is 16.5. The number of methoxy groups -OCH3 is 1. The van der Waals surface area contributed by atoms with Crippen LogP contribution in [0.15, 0.2) is 18.2 Å². The van der Waals surface area contributed by atoms with Gasteiger partial charge in [-0.05, 0) is 17.7 Å². The number of hydrogen-bond acceptors (Lipinski definition) is 3. The van der Waals surface area contributed by atoms with Crippen LogP contribution < -0.4 is 4.74 Å². The third-order valence-corrected chi connectivity index (χ3v) is 2.66. The molecule has 1 aromatic rings. The highest BCUT2D eigenvalue weighted by Gasteiger charge is 2.21. The van der Waals surface area contributed by atoms with Gasteiger partial charge in [-0.2, -0.15) is 5.26 Å². The lowest BCUT2D eigenvalue weighted by atomic mass is 9.81. The van der Waals surface area contributed by atoms with Gasteiger partial charge in [-0.3, -0.25) is 4.79 Å². The van der Waals surface area contributed by atoms with E-state index in [0.717, 1.165) is 11.8 Å². The Hall–Kier alpha value is -1.82. The zero-order valence-corrected chi connectivity index (χ0v) is 11.8. The number of benzene rings is 1. The molecule has 0 aliphatic carbocycles. The van der Waals surface area contributed by atoms with Gasteiger partial charge in [0.2, 0.25) is 0 Å². The molecule has 0 fully saturated rings. The summed E-state index contributed by atoms with van der Waals surface area (Å²) in [7, 11) is 1.53. The smallest absolute Gasteiger partial charge is 0.153 e. The van der Waals surface area contributed by atoms with Gasteiger partial charge in [-0.15, -0.1) is 0 Å². The molecule has 0 aliphatic rings. The SMILES string of the molecule is CC.COc1cc(C(C)(C)CC#N)ccc1C=O. The van der Waals surface area contributed by atoms with Crippen LogP contribution in [0.3, 0.4) is 0 Å². The minimum Gasteiger partial charge on any atom is -0.496 e. The molecule has 0 saturated carbocycles. The fourth-order valence-electron chi connectivity index (χ4n) is 1.53. The lowest BCUT2D eigenvalue weighted by Gasteiger charge is -2.22. The molecule has 3 nitrogen and oxygen atoms in total. The van der Waals surface area contributed by atoms with Crippen molar-refractivity contribution < 1.29 is 9.53 Å². The van der Waals surface area contributed by atoms with Gasteiger partial charge in [0.15, 0.2) is 6.29 Å². The number of carbonyl (C=O) groups is 1. The van der Waals surface area contributed by atoms with Crippen molar-refractivity contribution >= 4 is 6.29 Å². The molecule has 1 aromatic carbocycles. The predicted octanol–water partition coefficient (Wildman–Crippen LogP) is 3.73. The van der Waals surface area contributed by atoms with Gasteiger partial charge in [-0.25, -0.2) is 0 Å². The number of rotatable bonds is 4. The Labute approximate surface area is 109 Å². The molecule has 0 unspecified atom stereocenters. The lowest BCUT2D eigenvalue weighted by Crippen LogP contribution is -2.16. The van der Waals surface area contributed by atoms with Crippen molar-refractivity contribution in [1.29, 1.82) is 5.26 Å². The molecule has 0 heterocycles. The quantitative estimate of drug-likeness (QED) is 0.762. The first kappa shape index (κ1) is 16.2. The largest absolute Gasteiger partial charge is 0.496 e. The Morgan fingerprint density at radius 2 is 2.00 bits per heavy atom. The summed E-state index contributed by atoms with van der Waals surface area (Å²) < 4.78 is 5.14. The second-order valence-corrected chi connectivity index (χ2v) is 4.29. The van der Waals surface area contributed by atoms with E-state index < -0.39 is 0 Å². The first-order valence-electron chi connectivity index (χ1n) is 6.06. The molecular formula is C15H21NO2. The van der Waals surface area contributed by atoms with Crippen LogP contribution in [-0.2, 0) is 5.41 Å². The van der Waals surface area contributed by atoms with E-state index in [0.29, 0.717) is 17.7 Å². The van der Waals surface area contributed by atoms with E-state index in [1.54, 1.807) is 6.07 Å². The van der Waals surface area contributed by atoms with Gasteiger partial charge in [0.25, 0.3) is 0 Å². The zero-order valence-electron chi connectivity index (χ0n) is 11.8. The maximum absolute atomic E-state index is 10.7. The predicted molar refractivity (Wildman–Crippen MR) is 73.0 cm³/mol. The van der Waals surface area contributed by atoms with Crippen molar-refractivity contribution in [3.63, 3.8) is 0 Å². The summed E-state index contributed by atoms with van der Waals surface area (Å²) >= 11 is 0. The van der Waals surface area contributed by atoms with Crippen LogP contribution in [0.4, 0.5) is 0 Å². The third-order valence-electron chi connectivity index (χ3n) is 2.66. The minimum absolute atomic E-state index is 0.233. The third kappa shape index (κ3) is 3.89. The highest BCUT2D eigenvalue weighted by molar-refractivity contribution is 5.79.